The van der Waals surface area contributed by atoms with Crippen LogP contribution in [0.15, 0.2) is 83.8 Å². The van der Waals surface area contributed by atoms with Crippen LogP contribution in [0.4, 0.5) is 0 Å². The van der Waals surface area contributed by atoms with E-state index in [9.17, 15) is 18.0 Å². The van der Waals surface area contributed by atoms with Crippen molar-refractivity contribution in [3.8, 4) is 0 Å². The summed E-state index contributed by atoms with van der Waals surface area (Å²) in [5.41, 5.74) is 2.81. The highest BCUT2D eigenvalue weighted by atomic mass is 35.5. The second-order valence-corrected chi connectivity index (χ2v) is 11.7. The SMILES string of the molecule is CCCNC(=O)[C@@H](Cc1ccccc1)N(Cc1ccc(C)cc1)C(=O)CN(C)S(=O)(=O)c1ccc(Cl)cc1. The number of hydrogen-bond donors (Lipinski definition) is 1. The minimum atomic E-state index is -3.96. The van der Waals surface area contributed by atoms with Crippen molar-refractivity contribution in [1.29, 1.82) is 0 Å². The monoisotopic (exact) mass is 555 g/mol. The molecule has 0 saturated heterocycles. The quantitative estimate of drug-likeness (QED) is 0.358. The molecular formula is C29H34ClN3O4S. The zero-order valence-corrected chi connectivity index (χ0v) is 23.5. The molecule has 38 heavy (non-hydrogen) atoms. The van der Waals surface area contributed by atoms with Crippen LogP contribution < -0.4 is 5.32 Å². The topological polar surface area (TPSA) is 86.8 Å². The minimum absolute atomic E-state index is 0.0313. The molecular weight excluding hydrogens is 522 g/mol. The van der Waals surface area contributed by atoms with Crippen LogP contribution >= 0.6 is 11.6 Å². The average molecular weight is 556 g/mol. The Kier molecular flexibility index (Phi) is 10.5. The summed E-state index contributed by atoms with van der Waals surface area (Å²) in [7, 11) is -2.60. The first kappa shape index (κ1) is 29.4. The normalized spacial score (nSPS) is 12.2. The summed E-state index contributed by atoms with van der Waals surface area (Å²) in [4.78, 5) is 28.7. The van der Waals surface area contributed by atoms with Gasteiger partial charge in [-0.05, 0) is 48.7 Å². The van der Waals surface area contributed by atoms with Gasteiger partial charge in [-0.3, -0.25) is 9.59 Å². The van der Waals surface area contributed by atoms with E-state index < -0.39 is 28.5 Å². The predicted octanol–water partition coefficient (Wildman–Crippen LogP) is 4.44. The third-order valence-corrected chi connectivity index (χ3v) is 8.24. The molecule has 202 valence electrons. The van der Waals surface area contributed by atoms with Gasteiger partial charge in [0.2, 0.25) is 21.8 Å². The lowest BCUT2D eigenvalue weighted by Gasteiger charge is -2.32. The molecule has 7 nitrogen and oxygen atoms in total. The summed E-state index contributed by atoms with van der Waals surface area (Å²) in [6.07, 6.45) is 1.04. The van der Waals surface area contributed by atoms with Gasteiger partial charge in [0, 0.05) is 31.6 Å². The van der Waals surface area contributed by atoms with Crippen molar-refractivity contribution in [2.75, 3.05) is 20.1 Å². The van der Waals surface area contributed by atoms with Crippen molar-refractivity contribution >= 4 is 33.4 Å². The van der Waals surface area contributed by atoms with E-state index in [-0.39, 0.29) is 17.3 Å². The van der Waals surface area contributed by atoms with Crippen LogP contribution in [0.5, 0.6) is 0 Å². The van der Waals surface area contributed by atoms with Crippen LogP contribution in [0, 0.1) is 6.92 Å². The van der Waals surface area contributed by atoms with E-state index >= 15 is 0 Å². The molecule has 0 aromatic heterocycles. The molecule has 2 amide bonds. The van der Waals surface area contributed by atoms with Crippen molar-refractivity contribution in [2.24, 2.45) is 0 Å². The molecule has 1 atom stereocenters. The molecule has 3 rings (SSSR count). The zero-order valence-electron chi connectivity index (χ0n) is 21.9. The Morgan fingerprint density at radius 3 is 2.16 bits per heavy atom. The van der Waals surface area contributed by atoms with Gasteiger partial charge in [-0.1, -0.05) is 78.7 Å². The Bertz CT molecular complexity index is 1310. The van der Waals surface area contributed by atoms with E-state index in [0.717, 1.165) is 27.4 Å². The second-order valence-electron chi connectivity index (χ2n) is 9.22. The number of carbonyl (C=O) groups excluding carboxylic acids is 2. The van der Waals surface area contributed by atoms with Crippen LogP contribution in [0.1, 0.15) is 30.0 Å². The molecule has 9 heteroatoms. The number of nitrogens with zero attached hydrogens (tertiary/aromatic N) is 2. The lowest BCUT2D eigenvalue weighted by atomic mass is 10.0. The molecule has 0 bridgehead atoms. The number of likely N-dealkylation sites (N-methyl/N-ethyl adjacent to an activating group) is 1. The molecule has 0 aliphatic heterocycles. The lowest BCUT2D eigenvalue weighted by molar-refractivity contribution is -0.141. The molecule has 0 aliphatic rings. The molecule has 0 aliphatic carbocycles. The maximum Gasteiger partial charge on any atom is 0.243 e. The summed E-state index contributed by atoms with van der Waals surface area (Å²) in [6.45, 7) is 4.13. The summed E-state index contributed by atoms with van der Waals surface area (Å²) in [6, 6.07) is 22.1. The smallest absolute Gasteiger partial charge is 0.243 e. The van der Waals surface area contributed by atoms with E-state index in [1.165, 1.54) is 36.2 Å². The van der Waals surface area contributed by atoms with E-state index in [4.69, 9.17) is 11.6 Å². The zero-order chi connectivity index (χ0) is 27.7. The highest BCUT2D eigenvalue weighted by Crippen LogP contribution is 2.20. The minimum Gasteiger partial charge on any atom is -0.354 e. The molecule has 3 aromatic rings. The molecule has 0 fully saturated rings. The van der Waals surface area contributed by atoms with Gasteiger partial charge in [-0.25, -0.2) is 8.42 Å². The van der Waals surface area contributed by atoms with Gasteiger partial charge in [0.25, 0.3) is 0 Å². The van der Waals surface area contributed by atoms with Crippen LogP contribution in [0.3, 0.4) is 0 Å². The maximum atomic E-state index is 13.8. The van der Waals surface area contributed by atoms with Crippen molar-refractivity contribution in [3.63, 3.8) is 0 Å². The summed E-state index contributed by atoms with van der Waals surface area (Å²) in [5, 5.41) is 3.33. The first-order valence-corrected chi connectivity index (χ1v) is 14.3. The Balaban J connectivity index is 1.95. The van der Waals surface area contributed by atoms with Gasteiger partial charge in [0.1, 0.15) is 6.04 Å². The number of hydrogen-bond acceptors (Lipinski definition) is 4. The summed E-state index contributed by atoms with van der Waals surface area (Å²) < 4.78 is 27.3. The molecule has 0 spiro atoms. The fraction of sp³-hybridized carbons (Fsp3) is 0.310. The standard InChI is InChI=1S/C29H34ClN3O4S/c1-4-18-31-29(35)27(19-23-8-6-5-7-9-23)33(20-24-12-10-22(2)11-13-24)28(34)21-32(3)38(36,37)26-16-14-25(30)15-17-26/h5-17,27H,4,18-21H2,1-3H3,(H,31,35)/t27-/m1/s1. The van der Waals surface area contributed by atoms with Gasteiger partial charge < -0.3 is 10.2 Å². The van der Waals surface area contributed by atoms with E-state index in [2.05, 4.69) is 5.32 Å². The van der Waals surface area contributed by atoms with Crippen molar-refractivity contribution in [1.82, 2.24) is 14.5 Å². The lowest BCUT2D eigenvalue weighted by Crippen LogP contribution is -2.53. The highest BCUT2D eigenvalue weighted by Gasteiger charge is 2.32. The van der Waals surface area contributed by atoms with E-state index in [1.807, 2.05) is 68.4 Å². The number of halogens is 1. The number of carbonyl (C=O) groups is 2. The predicted molar refractivity (Wildman–Crippen MR) is 150 cm³/mol. The van der Waals surface area contributed by atoms with Gasteiger partial charge >= 0.3 is 0 Å². The first-order chi connectivity index (χ1) is 18.1. The van der Waals surface area contributed by atoms with Gasteiger partial charge in [-0.2, -0.15) is 4.31 Å². The largest absolute Gasteiger partial charge is 0.354 e. The Morgan fingerprint density at radius 2 is 1.55 bits per heavy atom. The van der Waals surface area contributed by atoms with Crippen molar-refractivity contribution in [3.05, 3.63) is 101 Å². The average Bonchev–Trinajstić information content (AvgIpc) is 2.91. The number of rotatable bonds is 12. The number of amides is 2. The van der Waals surface area contributed by atoms with Gasteiger partial charge in [0.05, 0.1) is 11.4 Å². The summed E-state index contributed by atoms with van der Waals surface area (Å²) >= 11 is 5.91. The van der Waals surface area contributed by atoms with Gasteiger partial charge in [0.15, 0.2) is 0 Å². The maximum absolute atomic E-state index is 13.8. The molecule has 1 N–H and O–H groups in total. The van der Waals surface area contributed by atoms with Crippen molar-refractivity contribution < 1.29 is 18.0 Å². The Labute approximate surface area is 230 Å². The van der Waals surface area contributed by atoms with Gasteiger partial charge in [-0.15, -0.1) is 0 Å². The highest BCUT2D eigenvalue weighted by molar-refractivity contribution is 7.89. The molecule has 0 heterocycles. The summed E-state index contributed by atoms with van der Waals surface area (Å²) in [5.74, 6) is -0.752. The molecule has 0 radical (unpaired) electrons. The first-order valence-electron chi connectivity index (χ1n) is 12.5. The Morgan fingerprint density at radius 1 is 0.921 bits per heavy atom. The number of nitrogens with one attached hydrogen (secondary N) is 1. The second kappa shape index (κ2) is 13.6. The van der Waals surface area contributed by atoms with Crippen LogP contribution in [-0.2, 0) is 32.6 Å². The number of sulfonamides is 1. The molecule has 3 aromatic carbocycles. The van der Waals surface area contributed by atoms with Crippen LogP contribution in [0.2, 0.25) is 5.02 Å². The van der Waals surface area contributed by atoms with Crippen molar-refractivity contribution in [2.45, 2.75) is 44.2 Å². The number of aryl methyl sites for hydroxylation is 1. The third kappa shape index (κ3) is 7.90. The fourth-order valence-corrected chi connectivity index (χ4v) is 5.21. The van der Waals surface area contributed by atoms with Crippen LogP contribution in [0.25, 0.3) is 0 Å². The molecule has 0 saturated carbocycles. The van der Waals surface area contributed by atoms with E-state index in [0.29, 0.717) is 18.0 Å². The third-order valence-electron chi connectivity index (χ3n) is 6.17. The van der Waals surface area contributed by atoms with E-state index in [1.54, 1.807) is 0 Å². The van der Waals surface area contributed by atoms with Crippen LogP contribution in [-0.4, -0.2) is 55.6 Å². The molecule has 0 unspecified atom stereocenters. The fourth-order valence-electron chi connectivity index (χ4n) is 3.96. The number of benzene rings is 3. The Hall–Kier alpha value is -3.20.